The second kappa shape index (κ2) is 4.82. The molecule has 2 nitrogen and oxygen atoms in total. The predicted octanol–water partition coefficient (Wildman–Crippen LogP) is 3.96. The molecule has 0 amide bonds. The molecule has 1 rings (SSSR count). The van der Waals surface area contributed by atoms with Gasteiger partial charge in [-0.25, -0.2) is 0 Å². The van der Waals surface area contributed by atoms with E-state index in [1.807, 2.05) is 0 Å². The lowest BCUT2D eigenvalue weighted by atomic mass is 10.3. The first-order valence-corrected chi connectivity index (χ1v) is 7.56. The largest absolute Gasteiger partial charge is 0.442 e. The lowest BCUT2D eigenvalue weighted by Gasteiger charge is -2.17. The molecule has 0 radical (unpaired) electrons. The van der Waals surface area contributed by atoms with Crippen molar-refractivity contribution in [2.45, 2.75) is 0 Å². The Hall–Kier alpha value is 0.210. The van der Waals surface area contributed by atoms with Gasteiger partial charge in [-0.1, -0.05) is 23.2 Å². The van der Waals surface area contributed by atoms with Crippen molar-refractivity contribution < 1.29 is 9.05 Å². The maximum absolute atomic E-state index is 5.89. The van der Waals surface area contributed by atoms with Crippen molar-refractivity contribution in [3.05, 3.63) is 28.2 Å². The Balaban J connectivity index is 2.97. The molecular formula is C8H9Cl2O2PS. The molecule has 0 saturated carbocycles. The molecule has 0 aliphatic rings. The topological polar surface area (TPSA) is 18.5 Å². The molecule has 1 unspecified atom stereocenters. The Morgan fingerprint density at radius 2 is 2.00 bits per heavy atom. The Bertz CT molecular complexity index is 384. The van der Waals surface area contributed by atoms with Crippen LogP contribution in [0, 0.1) is 0 Å². The number of benzene rings is 1. The van der Waals surface area contributed by atoms with Crippen LogP contribution >= 0.6 is 29.7 Å². The minimum absolute atomic E-state index is 0.465. The summed E-state index contributed by atoms with van der Waals surface area (Å²) in [6.07, 6.45) is 0. The molecule has 14 heavy (non-hydrogen) atoms. The van der Waals surface area contributed by atoms with Gasteiger partial charge in [-0.3, -0.25) is 0 Å². The molecule has 0 spiro atoms. The first-order valence-electron chi connectivity index (χ1n) is 3.72. The summed E-state index contributed by atoms with van der Waals surface area (Å²) in [7, 11) is 1.51. The zero-order valence-corrected chi connectivity index (χ0v) is 10.9. The molecule has 1 aromatic carbocycles. The van der Waals surface area contributed by atoms with Gasteiger partial charge in [0.1, 0.15) is 5.75 Å². The Labute approximate surface area is 98.3 Å². The fraction of sp³-hybridized carbons (Fsp3) is 0.250. The van der Waals surface area contributed by atoms with E-state index >= 15 is 0 Å². The molecule has 1 atom stereocenters. The van der Waals surface area contributed by atoms with Crippen LogP contribution in [0.25, 0.3) is 0 Å². The highest BCUT2D eigenvalue weighted by molar-refractivity contribution is 8.09. The van der Waals surface area contributed by atoms with E-state index in [0.29, 0.717) is 15.8 Å². The molecule has 6 heteroatoms. The molecule has 0 aromatic heterocycles. The summed E-state index contributed by atoms with van der Waals surface area (Å²) >= 11 is 16.8. The fourth-order valence-corrected chi connectivity index (χ4v) is 1.96. The molecule has 1 aromatic rings. The predicted molar refractivity (Wildman–Crippen MR) is 64.3 cm³/mol. The number of halogens is 2. The summed E-state index contributed by atoms with van der Waals surface area (Å²) < 4.78 is 10.5. The number of hydrogen-bond donors (Lipinski definition) is 0. The van der Waals surface area contributed by atoms with Crippen LogP contribution in [0.5, 0.6) is 5.75 Å². The summed E-state index contributed by atoms with van der Waals surface area (Å²) in [6.45, 7) is -0.530. The van der Waals surface area contributed by atoms with Crippen LogP contribution in [-0.4, -0.2) is 13.8 Å². The SMILES string of the molecule is COP(C)(=S)Oc1cc(Cl)ccc1Cl. The van der Waals surface area contributed by atoms with E-state index in [4.69, 9.17) is 44.1 Å². The third-order valence-electron chi connectivity index (χ3n) is 1.49. The van der Waals surface area contributed by atoms with Gasteiger partial charge < -0.3 is 9.05 Å². The fourth-order valence-electron chi connectivity index (χ4n) is 0.763. The second-order valence-electron chi connectivity index (χ2n) is 2.62. The lowest BCUT2D eigenvalue weighted by molar-refractivity contribution is 0.398. The molecule has 78 valence electrons. The Kier molecular flexibility index (Phi) is 4.23. The van der Waals surface area contributed by atoms with Gasteiger partial charge in [-0.2, -0.15) is 0 Å². The summed E-state index contributed by atoms with van der Waals surface area (Å²) in [4.78, 5) is 0. The average Bonchev–Trinajstić information content (AvgIpc) is 2.11. The summed E-state index contributed by atoms with van der Waals surface area (Å²) in [5, 5.41) is 1.03. The lowest BCUT2D eigenvalue weighted by Crippen LogP contribution is -1.93. The van der Waals surface area contributed by atoms with Gasteiger partial charge in [-0.05, 0) is 23.9 Å². The van der Waals surface area contributed by atoms with Crippen LogP contribution in [0.4, 0.5) is 0 Å². The Morgan fingerprint density at radius 3 is 2.57 bits per heavy atom. The minimum atomic E-state index is -2.25. The maximum atomic E-state index is 5.89. The quantitative estimate of drug-likeness (QED) is 0.775. The molecule has 0 saturated heterocycles. The molecule has 0 bridgehead atoms. The molecule has 0 aliphatic heterocycles. The van der Waals surface area contributed by atoms with Gasteiger partial charge >= 0.3 is 0 Å². The number of rotatable bonds is 3. The highest BCUT2D eigenvalue weighted by Gasteiger charge is 2.13. The van der Waals surface area contributed by atoms with Crippen LogP contribution in [0.15, 0.2) is 18.2 Å². The van der Waals surface area contributed by atoms with Crippen LogP contribution in [0.1, 0.15) is 0 Å². The highest BCUT2D eigenvalue weighted by Crippen LogP contribution is 2.46. The number of hydrogen-bond acceptors (Lipinski definition) is 3. The molecule has 0 N–H and O–H groups in total. The van der Waals surface area contributed by atoms with Gasteiger partial charge in [0, 0.05) is 24.9 Å². The van der Waals surface area contributed by atoms with E-state index in [1.54, 1.807) is 24.9 Å². The average molecular weight is 271 g/mol. The van der Waals surface area contributed by atoms with Crippen molar-refractivity contribution in [2.24, 2.45) is 0 Å². The van der Waals surface area contributed by atoms with Gasteiger partial charge in [0.05, 0.1) is 5.02 Å². The first-order chi connectivity index (χ1) is 6.44. The zero-order valence-electron chi connectivity index (χ0n) is 7.66. The summed E-state index contributed by atoms with van der Waals surface area (Å²) in [6, 6.07) is 4.96. The van der Waals surface area contributed by atoms with E-state index in [9.17, 15) is 0 Å². The second-order valence-corrected chi connectivity index (χ2v) is 7.54. The van der Waals surface area contributed by atoms with Crippen LogP contribution < -0.4 is 4.52 Å². The van der Waals surface area contributed by atoms with Crippen LogP contribution in [0.2, 0.25) is 10.0 Å². The van der Waals surface area contributed by atoms with Crippen molar-refractivity contribution in [1.29, 1.82) is 0 Å². The first kappa shape index (κ1) is 12.3. The zero-order chi connectivity index (χ0) is 10.8. The van der Waals surface area contributed by atoms with E-state index in [-0.39, 0.29) is 0 Å². The van der Waals surface area contributed by atoms with Crippen molar-refractivity contribution in [3.8, 4) is 5.75 Å². The van der Waals surface area contributed by atoms with Gasteiger partial charge in [0.15, 0.2) is 0 Å². The van der Waals surface area contributed by atoms with Crippen molar-refractivity contribution in [1.82, 2.24) is 0 Å². The Morgan fingerprint density at radius 1 is 1.36 bits per heavy atom. The molecule has 0 heterocycles. The summed E-state index contributed by atoms with van der Waals surface area (Å²) in [5.41, 5.74) is 0. The van der Waals surface area contributed by atoms with Crippen LogP contribution in [0.3, 0.4) is 0 Å². The van der Waals surface area contributed by atoms with Gasteiger partial charge in [0.2, 0.25) is 6.49 Å². The van der Waals surface area contributed by atoms with E-state index in [1.165, 1.54) is 7.11 Å². The maximum Gasteiger partial charge on any atom is 0.234 e. The van der Waals surface area contributed by atoms with Crippen molar-refractivity contribution in [3.63, 3.8) is 0 Å². The van der Waals surface area contributed by atoms with Gasteiger partial charge in [0.25, 0.3) is 0 Å². The van der Waals surface area contributed by atoms with E-state index < -0.39 is 6.49 Å². The molecule has 0 fully saturated rings. The third-order valence-corrected chi connectivity index (χ3v) is 3.90. The van der Waals surface area contributed by atoms with Gasteiger partial charge in [-0.15, -0.1) is 0 Å². The van der Waals surface area contributed by atoms with Crippen molar-refractivity contribution in [2.75, 3.05) is 13.8 Å². The standard InChI is InChI=1S/C8H9Cl2O2PS/c1-11-13(2,14)12-8-5-6(9)3-4-7(8)10/h3-5H,1-2H3. The third kappa shape index (κ3) is 3.41. The van der Waals surface area contributed by atoms with E-state index in [0.717, 1.165) is 0 Å². The molecule has 0 aliphatic carbocycles. The highest BCUT2D eigenvalue weighted by atomic mass is 35.5. The molecular weight excluding hydrogens is 262 g/mol. The summed E-state index contributed by atoms with van der Waals surface area (Å²) in [5.74, 6) is 0.465. The minimum Gasteiger partial charge on any atom is -0.442 e. The van der Waals surface area contributed by atoms with Crippen molar-refractivity contribution >= 4 is 41.5 Å². The normalized spacial score (nSPS) is 14.9. The van der Waals surface area contributed by atoms with Crippen LogP contribution in [-0.2, 0) is 16.3 Å². The van der Waals surface area contributed by atoms with E-state index in [2.05, 4.69) is 0 Å². The monoisotopic (exact) mass is 270 g/mol. The smallest absolute Gasteiger partial charge is 0.234 e.